The van der Waals surface area contributed by atoms with Gasteiger partial charge in [0.15, 0.2) is 5.82 Å². The zero-order valence-corrected chi connectivity index (χ0v) is 15.2. The van der Waals surface area contributed by atoms with Crippen molar-refractivity contribution in [2.75, 3.05) is 36.1 Å². The van der Waals surface area contributed by atoms with E-state index in [1.807, 2.05) is 17.3 Å². The van der Waals surface area contributed by atoms with Crippen LogP contribution in [0.5, 0.6) is 0 Å². The van der Waals surface area contributed by atoms with Crippen LogP contribution < -0.4 is 15.3 Å². The van der Waals surface area contributed by atoms with Crippen molar-refractivity contribution in [3.63, 3.8) is 0 Å². The molecule has 4 heterocycles. The first-order chi connectivity index (χ1) is 13.3. The highest BCUT2D eigenvalue weighted by atomic mass is 15.6. The lowest BCUT2D eigenvalue weighted by Gasteiger charge is -2.43. The number of nitrogens with zero attached hydrogens (tertiary/aromatic N) is 8. The second-order valence-electron chi connectivity index (χ2n) is 7.13. The van der Waals surface area contributed by atoms with Gasteiger partial charge in [0.2, 0.25) is 0 Å². The average molecular weight is 365 g/mol. The number of rotatable bonds is 4. The molecular weight excluding hydrogens is 342 g/mol. The Bertz CT molecular complexity index is 847. The molecule has 0 bridgehead atoms. The average Bonchev–Trinajstić information content (AvgIpc) is 3.30. The minimum absolute atomic E-state index is 0.762. The number of hydrogen-bond acceptors (Lipinski definition) is 8. The van der Waals surface area contributed by atoms with E-state index in [4.69, 9.17) is 0 Å². The van der Waals surface area contributed by atoms with Gasteiger partial charge in [-0.05, 0) is 12.8 Å². The molecule has 1 saturated carbocycles. The van der Waals surface area contributed by atoms with E-state index in [0.29, 0.717) is 0 Å². The van der Waals surface area contributed by atoms with Crippen LogP contribution in [0, 0.1) is 0 Å². The zero-order valence-electron chi connectivity index (χ0n) is 15.2. The quantitative estimate of drug-likeness (QED) is 0.862. The summed E-state index contributed by atoms with van der Waals surface area (Å²) in [6, 6.07) is 2.82. The Balaban J connectivity index is 1.28. The molecular formula is C18H23N9. The van der Waals surface area contributed by atoms with E-state index in [-0.39, 0.29) is 0 Å². The number of piperazine rings is 1. The Kier molecular flexibility index (Phi) is 4.01. The number of hydrazine groups is 1. The normalized spacial score (nSPS) is 21.2. The summed E-state index contributed by atoms with van der Waals surface area (Å²) in [7, 11) is 0. The fraction of sp³-hybridized carbons (Fsp3) is 0.444. The molecule has 2 aliphatic heterocycles. The van der Waals surface area contributed by atoms with Crippen molar-refractivity contribution >= 4 is 17.3 Å². The van der Waals surface area contributed by atoms with Gasteiger partial charge in [0.1, 0.15) is 17.8 Å². The molecule has 3 aliphatic rings. The Morgan fingerprint density at radius 1 is 1.07 bits per heavy atom. The van der Waals surface area contributed by atoms with E-state index in [1.54, 1.807) is 23.4 Å². The van der Waals surface area contributed by atoms with E-state index < -0.39 is 0 Å². The second kappa shape index (κ2) is 6.66. The summed E-state index contributed by atoms with van der Waals surface area (Å²) in [5.74, 6) is 1.72. The summed E-state index contributed by atoms with van der Waals surface area (Å²) >= 11 is 0. The zero-order chi connectivity index (χ0) is 18.2. The van der Waals surface area contributed by atoms with E-state index in [1.165, 1.54) is 19.3 Å². The van der Waals surface area contributed by atoms with Gasteiger partial charge in [-0.25, -0.2) is 19.7 Å². The lowest BCUT2D eigenvalue weighted by molar-refractivity contribution is 0.120. The molecule has 2 aromatic heterocycles. The van der Waals surface area contributed by atoms with Crippen molar-refractivity contribution in [3.05, 3.63) is 43.3 Å². The highest BCUT2D eigenvalue weighted by Gasteiger charge is 2.29. The number of hydrogen-bond donors (Lipinski definition) is 1. The van der Waals surface area contributed by atoms with Gasteiger partial charge in [0, 0.05) is 44.5 Å². The maximum atomic E-state index is 4.50. The SMILES string of the molecule is C=C1C(n2ccnn2)=CNN1c1cc(N2CCN(C3CCC3)CC2)ncn1. The fourth-order valence-electron chi connectivity index (χ4n) is 3.84. The van der Waals surface area contributed by atoms with Crippen LogP contribution in [-0.2, 0) is 0 Å². The molecule has 140 valence electrons. The van der Waals surface area contributed by atoms with Crippen LogP contribution in [-0.4, -0.2) is 62.1 Å². The molecule has 0 aromatic carbocycles. The molecule has 0 spiro atoms. The summed E-state index contributed by atoms with van der Waals surface area (Å²) in [5, 5.41) is 9.72. The van der Waals surface area contributed by atoms with Gasteiger partial charge in [-0.1, -0.05) is 18.2 Å². The molecule has 2 fully saturated rings. The number of anilines is 2. The maximum absolute atomic E-state index is 4.50. The Labute approximate surface area is 158 Å². The van der Waals surface area contributed by atoms with Gasteiger partial charge in [-0.2, -0.15) is 0 Å². The standard InChI is InChI=1S/C18H23N9/c1-14-16(26-6-5-21-23-26)12-22-27(14)18-11-17(19-13-20-18)25-9-7-24(8-10-25)15-3-2-4-15/h5-6,11-13,15,22H,1-4,7-10H2. The molecule has 5 rings (SSSR count). The van der Waals surface area contributed by atoms with Crippen LogP contribution in [0.1, 0.15) is 19.3 Å². The molecule has 0 atom stereocenters. The first kappa shape index (κ1) is 16.2. The van der Waals surface area contributed by atoms with Crippen LogP contribution in [0.4, 0.5) is 11.6 Å². The van der Waals surface area contributed by atoms with Crippen molar-refractivity contribution in [2.24, 2.45) is 0 Å². The van der Waals surface area contributed by atoms with Crippen LogP contribution in [0.3, 0.4) is 0 Å². The van der Waals surface area contributed by atoms with Crippen molar-refractivity contribution in [2.45, 2.75) is 25.3 Å². The summed E-state index contributed by atoms with van der Waals surface area (Å²) in [4.78, 5) is 13.9. The minimum atomic E-state index is 0.762. The van der Waals surface area contributed by atoms with Crippen molar-refractivity contribution in [3.8, 4) is 0 Å². The third kappa shape index (κ3) is 2.93. The lowest BCUT2D eigenvalue weighted by Crippen LogP contribution is -2.52. The molecule has 2 aromatic rings. The third-order valence-corrected chi connectivity index (χ3v) is 5.66. The molecule has 27 heavy (non-hydrogen) atoms. The highest BCUT2D eigenvalue weighted by Crippen LogP contribution is 2.29. The largest absolute Gasteiger partial charge is 0.354 e. The molecule has 0 radical (unpaired) electrons. The maximum Gasteiger partial charge on any atom is 0.157 e. The van der Waals surface area contributed by atoms with Gasteiger partial charge in [-0.15, -0.1) is 5.10 Å². The van der Waals surface area contributed by atoms with Gasteiger partial charge in [-0.3, -0.25) is 10.3 Å². The van der Waals surface area contributed by atoms with Crippen LogP contribution in [0.15, 0.2) is 43.3 Å². The first-order valence-corrected chi connectivity index (χ1v) is 9.43. The van der Waals surface area contributed by atoms with E-state index in [2.05, 4.69) is 42.1 Å². The topological polar surface area (TPSA) is 78.2 Å². The lowest BCUT2D eigenvalue weighted by atomic mass is 9.91. The predicted molar refractivity (Wildman–Crippen MR) is 103 cm³/mol. The van der Waals surface area contributed by atoms with E-state index in [9.17, 15) is 0 Å². The van der Waals surface area contributed by atoms with Crippen LogP contribution in [0.2, 0.25) is 0 Å². The second-order valence-corrected chi connectivity index (χ2v) is 7.13. The van der Waals surface area contributed by atoms with Crippen LogP contribution >= 0.6 is 0 Å². The predicted octanol–water partition coefficient (Wildman–Crippen LogP) is 1.08. The Hall–Kier alpha value is -2.94. The summed E-state index contributed by atoms with van der Waals surface area (Å²) in [6.07, 6.45) is 11.0. The fourth-order valence-corrected chi connectivity index (χ4v) is 3.84. The van der Waals surface area contributed by atoms with Crippen LogP contribution in [0.25, 0.3) is 5.70 Å². The monoisotopic (exact) mass is 365 g/mol. The molecule has 1 N–H and O–H groups in total. The molecule has 9 nitrogen and oxygen atoms in total. The molecule has 1 saturated heterocycles. The van der Waals surface area contributed by atoms with Gasteiger partial charge < -0.3 is 4.90 Å². The first-order valence-electron chi connectivity index (χ1n) is 9.43. The smallest absolute Gasteiger partial charge is 0.157 e. The molecule has 1 aliphatic carbocycles. The Morgan fingerprint density at radius 3 is 2.59 bits per heavy atom. The Morgan fingerprint density at radius 2 is 1.89 bits per heavy atom. The number of nitrogens with one attached hydrogen (secondary N) is 1. The molecule has 9 heteroatoms. The minimum Gasteiger partial charge on any atom is -0.354 e. The summed E-state index contributed by atoms with van der Waals surface area (Å²) in [5.41, 5.74) is 4.79. The van der Waals surface area contributed by atoms with Gasteiger partial charge >= 0.3 is 0 Å². The third-order valence-electron chi connectivity index (χ3n) is 5.66. The van der Waals surface area contributed by atoms with Crippen molar-refractivity contribution in [1.29, 1.82) is 0 Å². The van der Waals surface area contributed by atoms with Gasteiger partial charge in [0.05, 0.1) is 18.1 Å². The number of allylic oxidation sites excluding steroid dienone is 1. The van der Waals surface area contributed by atoms with Crippen molar-refractivity contribution in [1.82, 2.24) is 35.3 Å². The van der Waals surface area contributed by atoms with Gasteiger partial charge in [0.25, 0.3) is 0 Å². The van der Waals surface area contributed by atoms with Crippen molar-refractivity contribution < 1.29 is 0 Å². The summed E-state index contributed by atoms with van der Waals surface area (Å²) in [6.45, 7) is 8.39. The van der Waals surface area contributed by atoms with E-state index >= 15 is 0 Å². The highest BCUT2D eigenvalue weighted by molar-refractivity contribution is 5.73. The summed E-state index contributed by atoms with van der Waals surface area (Å²) < 4.78 is 1.68. The van der Waals surface area contributed by atoms with E-state index in [0.717, 1.165) is 55.3 Å². The number of aromatic nitrogens is 5. The molecule has 0 unspecified atom stereocenters. The molecule has 0 amide bonds.